The summed E-state index contributed by atoms with van der Waals surface area (Å²) in [6.45, 7) is 3.39. The van der Waals surface area contributed by atoms with E-state index >= 15 is 0 Å². The second kappa shape index (κ2) is 7.30. The zero-order valence-corrected chi connectivity index (χ0v) is 14.7. The topological polar surface area (TPSA) is 93.3 Å². The van der Waals surface area contributed by atoms with Crippen LogP contribution >= 0.6 is 11.3 Å². The number of benzene rings is 1. The van der Waals surface area contributed by atoms with E-state index in [9.17, 15) is 9.50 Å². The summed E-state index contributed by atoms with van der Waals surface area (Å²) in [7, 11) is 0. The Morgan fingerprint density at radius 3 is 2.68 bits per heavy atom. The Bertz CT molecular complexity index is 882. The van der Waals surface area contributed by atoms with Gasteiger partial charge < -0.3 is 15.6 Å². The van der Waals surface area contributed by atoms with Crippen LogP contribution in [0.5, 0.6) is 5.75 Å². The average molecular weight is 362 g/mol. The predicted octanol–water partition coefficient (Wildman–Crippen LogP) is 2.98. The number of nitrogens with zero attached hydrogens (tertiary/aromatic N) is 2. The summed E-state index contributed by atoms with van der Waals surface area (Å²) in [6, 6.07) is 6.97. The Hall–Kier alpha value is -2.29. The number of thiophene rings is 1. The normalized spacial score (nSPS) is 12.5. The molecule has 0 fully saturated rings. The van der Waals surface area contributed by atoms with Crippen molar-refractivity contribution in [2.75, 3.05) is 12.6 Å². The van der Waals surface area contributed by atoms with Crippen LogP contribution in [0.4, 0.5) is 10.1 Å². The number of fused-ring (bicyclic) bond motifs is 1. The van der Waals surface area contributed by atoms with Crippen LogP contribution in [0.2, 0.25) is 0 Å². The van der Waals surface area contributed by atoms with Gasteiger partial charge in [0.2, 0.25) is 6.86 Å². The molecule has 25 heavy (non-hydrogen) atoms. The lowest BCUT2D eigenvalue weighted by Crippen LogP contribution is -2.20. The maximum Gasteiger partial charge on any atom is 0.228 e. The highest BCUT2D eigenvalue weighted by Gasteiger charge is 2.19. The highest BCUT2D eigenvalue weighted by molar-refractivity contribution is 7.19. The van der Waals surface area contributed by atoms with Crippen molar-refractivity contribution in [2.24, 2.45) is 0 Å². The van der Waals surface area contributed by atoms with Crippen molar-refractivity contribution in [3.63, 3.8) is 0 Å². The van der Waals surface area contributed by atoms with Crippen LogP contribution in [0.1, 0.15) is 27.9 Å². The van der Waals surface area contributed by atoms with Gasteiger partial charge in [0.1, 0.15) is 16.8 Å². The van der Waals surface area contributed by atoms with Gasteiger partial charge in [-0.05, 0) is 37.1 Å². The summed E-state index contributed by atoms with van der Waals surface area (Å²) < 4.78 is 16.9. The van der Waals surface area contributed by atoms with E-state index in [0.29, 0.717) is 27.7 Å². The van der Waals surface area contributed by atoms with E-state index in [0.717, 1.165) is 22.2 Å². The third-order valence-corrected chi connectivity index (χ3v) is 5.20. The number of alkyl halides is 1. The number of nitrogens with two attached hydrogens (primary N) is 1. The fraction of sp³-hybridized carbons (Fsp3) is 0.294. The van der Waals surface area contributed by atoms with Crippen LogP contribution in [0.3, 0.4) is 0 Å². The smallest absolute Gasteiger partial charge is 0.228 e. The molecule has 2 aromatic heterocycles. The Labute approximate surface area is 148 Å². The molecule has 0 aliphatic rings. The third kappa shape index (κ3) is 3.55. The van der Waals surface area contributed by atoms with Crippen LogP contribution in [-0.4, -0.2) is 22.2 Å². The second-order valence-corrected chi connectivity index (χ2v) is 6.68. The average Bonchev–Trinajstić information content (AvgIpc) is 2.95. The van der Waals surface area contributed by atoms with E-state index in [1.165, 1.54) is 11.3 Å². The summed E-state index contributed by atoms with van der Waals surface area (Å²) >= 11 is 1.33. The maximum absolute atomic E-state index is 12.1. The lowest BCUT2D eigenvalue weighted by atomic mass is 10.1. The lowest BCUT2D eigenvalue weighted by molar-refractivity contribution is 0.141. The quantitative estimate of drug-likeness (QED) is 0.584. The molecule has 3 aromatic rings. The van der Waals surface area contributed by atoms with Gasteiger partial charge in [-0.25, -0.2) is 4.39 Å². The van der Waals surface area contributed by atoms with Crippen LogP contribution in [-0.2, 0) is 6.54 Å². The molecule has 0 spiro atoms. The molecule has 0 amide bonds. The van der Waals surface area contributed by atoms with Gasteiger partial charge in [-0.15, -0.1) is 16.4 Å². The number of anilines is 1. The standard InChI is InChI=1S/C17H19FN4O2S/c1-9-10(2)21-22-17-13(9)14(19)15(25-17)16(23)20-7-11-3-5-12(6-4-11)24-8-18/h3-6,16,20,23H,7-8,19H2,1-2H3. The summed E-state index contributed by atoms with van der Waals surface area (Å²) in [6.07, 6.45) is -0.916. The lowest BCUT2D eigenvalue weighted by Gasteiger charge is -2.12. The summed E-state index contributed by atoms with van der Waals surface area (Å²) in [4.78, 5) is 1.33. The molecule has 0 bridgehead atoms. The van der Waals surface area contributed by atoms with E-state index in [4.69, 9.17) is 10.5 Å². The molecule has 8 heteroatoms. The molecule has 2 heterocycles. The Balaban J connectivity index is 1.75. The zero-order valence-electron chi connectivity index (χ0n) is 13.9. The van der Waals surface area contributed by atoms with Crippen molar-refractivity contribution in [1.29, 1.82) is 0 Å². The minimum atomic E-state index is -0.916. The highest BCUT2D eigenvalue weighted by Crippen LogP contribution is 2.37. The summed E-state index contributed by atoms with van der Waals surface area (Å²) in [5.74, 6) is 0.463. The molecule has 0 saturated carbocycles. The summed E-state index contributed by atoms with van der Waals surface area (Å²) in [5, 5.41) is 22.6. The van der Waals surface area contributed by atoms with Gasteiger partial charge in [-0.1, -0.05) is 12.1 Å². The molecule has 1 aromatic carbocycles. The molecule has 132 valence electrons. The molecule has 4 N–H and O–H groups in total. The van der Waals surface area contributed by atoms with Gasteiger partial charge in [0.25, 0.3) is 0 Å². The van der Waals surface area contributed by atoms with E-state index in [2.05, 4.69) is 15.5 Å². The molecule has 0 saturated heterocycles. The number of hydrogen-bond acceptors (Lipinski definition) is 7. The molecule has 1 unspecified atom stereocenters. The number of halogens is 1. The third-order valence-electron chi connectivity index (χ3n) is 4.06. The van der Waals surface area contributed by atoms with Gasteiger partial charge in [0.15, 0.2) is 0 Å². The fourth-order valence-corrected chi connectivity index (χ4v) is 3.60. The Morgan fingerprint density at radius 1 is 1.28 bits per heavy atom. The second-order valence-electron chi connectivity index (χ2n) is 5.65. The molecule has 0 aliphatic heterocycles. The first-order valence-electron chi connectivity index (χ1n) is 7.72. The van der Waals surface area contributed by atoms with E-state index < -0.39 is 13.1 Å². The van der Waals surface area contributed by atoms with Gasteiger partial charge in [0, 0.05) is 11.9 Å². The highest BCUT2D eigenvalue weighted by atomic mass is 32.1. The first-order chi connectivity index (χ1) is 12.0. The van der Waals surface area contributed by atoms with Gasteiger partial charge >= 0.3 is 0 Å². The summed E-state index contributed by atoms with van der Waals surface area (Å²) in [5.41, 5.74) is 9.47. The number of aromatic nitrogens is 2. The molecular formula is C17H19FN4O2S. The first-order valence-corrected chi connectivity index (χ1v) is 8.53. The van der Waals surface area contributed by atoms with E-state index in [1.807, 2.05) is 13.8 Å². The minimum absolute atomic E-state index is 0.425. The Morgan fingerprint density at radius 2 is 2.00 bits per heavy atom. The largest absolute Gasteiger partial charge is 0.463 e. The van der Waals surface area contributed by atoms with Crippen molar-refractivity contribution in [2.45, 2.75) is 26.6 Å². The minimum Gasteiger partial charge on any atom is -0.463 e. The monoisotopic (exact) mass is 362 g/mol. The molecule has 1 atom stereocenters. The predicted molar refractivity (Wildman–Crippen MR) is 96.1 cm³/mol. The Kier molecular flexibility index (Phi) is 5.12. The van der Waals surface area contributed by atoms with E-state index in [-0.39, 0.29) is 0 Å². The first kappa shape index (κ1) is 17.5. The number of rotatable bonds is 6. The van der Waals surface area contributed by atoms with Crippen LogP contribution in [0, 0.1) is 13.8 Å². The number of aryl methyl sites for hydroxylation is 2. The number of nitrogens with one attached hydrogen (secondary N) is 1. The molecule has 0 aliphatic carbocycles. The molecular weight excluding hydrogens is 343 g/mol. The number of hydrogen-bond donors (Lipinski definition) is 3. The van der Waals surface area contributed by atoms with Crippen molar-refractivity contribution >= 4 is 27.2 Å². The van der Waals surface area contributed by atoms with Crippen LogP contribution < -0.4 is 15.8 Å². The number of aliphatic hydroxyl groups is 1. The number of ether oxygens (including phenoxy) is 1. The van der Waals surface area contributed by atoms with Crippen molar-refractivity contribution in [3.8, 4) is 5.75 Å². The van der Waals surface area contributed by atoms with Crippen LogP contribution in [0.15, 0.2) is 24.3 Å². The van der Waals surface area contributed by atoms with Crippen molar-refractivity contribution < 1.29 is 14.2 Å². The maximum atomic E-state index is 12.1. The van der Waals surface area contributed by atoms with Gasteiger partial charge in [-0.3, -0.25) is 5.32 Å². The number of aliphatic hydroxyl groups excluding tert-OH is 1. The van der Waals surface area contributed by atoms with Gasteiger partial charge in [0.05, 0.1) is 16.3 Å². The SMILES string of the molecule is Cc1nnc2sc(C(O)NCc3ccc(OCF)cc3)c(N)c2c1C. The molecule has 0 radical (unpaired) electrons. The fourth-order valence-electron chi connectivity index (χ4n) is 2.53. The van der Waals surface area contributed by atoms with E-state index in [1.54, 1.807) is 24.3 Å². The molecule has 6 nitrogen and oxygen atoms in total. The molecule has 3 rings (SSSR count). The van der Waals surface area contributed by atoms with Gasteiger partial charge in [-0.2, -0.15) is 5.10 Å². The van der Waals surface area contributed by atoms with Crippen molar-refractivity contribution in [3.05, 3.63) is 46.0 Å². The van der Waals surface area contributed by atoms with Crippen LogP contribution in [0.25, 0.3) is 10.2 Å². The number of nitrogen functional groups attached to an aromatic ring is 1. The van der Waals surface area contributed by atoms with Crippen molar-refractivity contribution in [1.82, 2.24) is 15.5 Å². The zero-order chi connectivity index (χ0) is 18.0.